The van der Waals surface area contributed by atoms with Crippen molar-refractivity contribution in [1.29, 1.82) is 0 Å². The molecular weight excluding hydrogens is 406 g/mol. The Kier molecular flexibility index (Phi) is 6.13. The molecule has 2 aromatic heterocycles. The molecule has 0 saturated carbocycles. The molecule has 4 aromatic rings. The Hall–Kier alpha value is -3.45. The third-order valence-corrected chi connectivity index (χ3v) is 5.77. The van der Waals surface area contributed by atoms with Crippen molar-refractivity contribution < 1.29 is 4.79 Å². The van der Waals surface area contributed by atoms with E-state index in [0.717, 1.165) is 28.1 Å². The molecule has 0 aliphatic carbocycles. The molecule has 1 N–H and O–H groups in total. The number of aromatic nitrogens is 4. The van der Waals surface area contributed by atoms with Crippen molar-refractivity contribution in [1.82, 2.24) is 19.7 Å². The van der Waals surface area contributed by atoms with Crippen LogP contribution in [0.15, 0.2) is 72.1 Å². The van der Waals surface area contributed by atoms with Crippen LogP contribution in [0.5, 0.6) is 0 Å². The first-order valence-electron chi connectivity index (χ1n) is 9.94. The summed E-state index contributed by atoms with van der Waals surface area (Å²) in [6, 6.07) is 17.8. The van der Waals surface area contributed by atoms with Crippen LogP contribution in [0.3, 0.4) is 0 Å². The number of pyridine rings is 1. The standard InChI is InChI=1S/C24H23N5OS/c1-16-12-17(2)22(18(3)13-16)26-21(30)15-31-24-28-27-23(19-8-7-11-25-14-19)29(24)20-9-5-4-6-10-20/h4-14H,15H2,1-3H3,(H,26,30). The average Bonchev–Trinajstić information content (AvgIpc) is 3.20. The fourth-order valence-corrected chi connectivity index (χ4v) is 4.29. The van der Waals surface area contributed by atoms with E-state index in [4.69, 9.17) is 0 Å². The van der Waals surface area contributed by atoms with E-state index in [1.54, 1.807) is 12.4 Å². The summed E-state index contributed by atoms with van der Waals surface area (Å²) in [6.45, 7) is 6.07. The van der Waals surface area contributed by atoms with E-state index in [0.29, 0.717) is 11.0 Å². The normalized spacial score (nSPS) is 10.8. The zero-order valence-electron chi connectivity index (χ0n) is 17.7. The van der Waals surface area contributed by atoms with Crippen LogP contribution >= 0.6 is 11.8 Å². The van der Waals surface area contributed by atoms with Crippen molar-refractivity contribution in [3.8, 4) is 17.1 Å². The van der Waals surface area contributed by atoms with E-state index < -0.39 is 0 Å². The number of para-hydroxylation sites is 1. The zero-order valence-corrected chi connectivity index (χ0v) is 18.5. The van der Waals surface area contributed by atoms with Gasteiger partial charge in [0.2, 0.25) is 5.91 Å². The predicted octanol–water partition coefficient (Wildman–Crippen LogP) is 4.99. The van der Waals surface area contributed by atoms with Crippen LogP contribution in [-0.4, -0.2) is 31.4 Å². The molecule has 0 unspecified atom stereocenters. The van der Waals surface area contributed by atoms with E-state index in [2.05, 4.69) is 39.6 Å². The minimum atomic E-state index is -0.0782. The quantitative estimate of drug-likeness (QED) is 0.437. The number of hydrogen-bond acceptors (Lipinski definition) is 5. The molecule has 0 radical (unpaired) electrons. The lowest BCUT2D eigenvalue weighted by molar-refractivity contribution is -0.113. The minimum Gasteiger partial charge on any atom is -0.325 e. The maximum atomic E-state index is 12.7. The van der Waals surface area contributed by atoms with E-state index in [9.17, 15) is 4.79 Å². The molecule has 7 heteroatoms. The van der Waals surface area contributed by atoms with Crippen molar-refractivity contribution in [3.05, 3.63) is 83.7 Å². The molecule has 0 aliphatic rings. The average molecular weight is 430 g/mol. The number of thioether (sulfide) groups is 1. The van der Waals surface area contributed by atoms with Gasteiger partial charge < -0.3 is 5.32 Å². The van der Waals surface area contributed by atoms with Gasteiger partial charge in [-0.2, -0.15) is 0 Å². The van der Waals surface area contributed by atoms with Gasteiger partial charge in [0.05, 0.1) is 5.75 Å². The molecule has 0 saturated heterocycles. The van der Waals surface area contributed by atoms with Gasteiger partial charge in [0.1, 0.15) is 0 Å². The largest absolute Gasteiger partial charge is 0.325 e. The Bertz CT molecular complexity index is 1180. The molecular formula is C24H23N5OS. The number of anilines is 1. The van der Waals surface area contributed by atoms with Crippen molar-refractivity contribution >= 4 is 23.4 Å². The van der Waals surface area contributed by atoms with E-state index >= 15 is 0 Å². The van der Waals surface area contributed by atoms with Gasteiger partial charge in [0.25, 0.3) is 0 Å². The molecule has 0 fully saturated rings. The molecule has 1 amide bonds. The summed E-state index contributed by atoms with van der Waals surface area (Å²) in [6.07, 6.45) is 3.48. The van der Waals surface area contributed by atoms with Gasteiger partial charge in [-0.05, 0) is 56.2 Å². The third kappa shape index (κ3) is 4.67. The van der Waals surface area contributed by atoms with Gasteiger partial charge in [-0.3, -0.25) is 14.3 Å². The first-order valence-corrected chi connectivity index (χ1v) is 10.9. The Labute approximate surface area is 185 Å². The molecule has 156 valence electrons. The molecule has 2 aromatic carbocycles. The lowest BCUT2D eigenvalue weighted by Gasteiger charge is -2.13. The molecule has 0 spiro atoms. The van der Waals surface area contributed by atoms with Crippen LogP contribution in [0.25, 0.3) is 17.1 Å². The van der Waals surface area contributed by atoms with Crippen LogP contribution in [0.2, 0.25) is 0 Å². The number of amides is 1. The molecule has 31 heavy (non-hydrogen) atoms. The molecule has 4 rings (SSSR count). The predicted molar refractivity (Wildman–Crippen MR) is 125 cm³/mol. The van der Waals surface area contributed by atoms with Crippen molar-refractivity contribution in [2.24, 2.45) is 0 Å². The van der Waals surface area contributed by atoms with Crippen molar-refractivity contribution in [2.45, 2.75) is 25.9 Å². The fourth-order valence-electron chi connectivity index (χ4n) is 3.54. The fraction of sp³-hybridized carbons (Fsp3) is 0.167. The third-order valence-electron chi connectivity index (χ3n) is 4.84. The van der Waals surface area contributed by atoms with Gasteiger partial charge in [-0.25, -0.2) is 0 Å². The van der Waals surface area contributed by atoms with Crippen LogP contribution in [0.4, 0.5) is 5.69 Å². The second kappa shape index (κ2) is 9.14. The second-order valence-corrected chi connectivity index (χ2v) is 8.27. The number of carbonyl (C=O) groups is 1. The van der Waals surface area contributed by atoms with Crippen LogP contribution in [0.1, 0.15) is 16.7 Å². The summed E-state index contributed by atoms with van der Waals surface area (Å²) in [5.41, 5.74) is 5.96. The first kappa shape index (κ1) is 20.8. The number of aryl methyl sites for hydroxylation is 3. The van der Waals surface area contributed by atoms with Gasteiger partial charge in [-0.1, -0.05) is 47.7 Å². The lowest BCUT2D eigenvalue weighted by Crippen LogP contribution is -2.16. The molecule has 6 nitrogen and oxygen atoms in total. The molecule has 2 heterocycles. The summed E-state index contributed by atoms with van der Waals surface area (Å²) in [4.78, 5) is 16.9. The summed E-state index contributed by atoms with van der Waals surface area (Å²) >= 11 is 1.36. The van der Waals surface area contributed by atoms with Gasteiger partial charge in [-0.15, -0.1) is 10.2 Å². The summed E-state index contributed by atoms with van der Waals surface area (Å²) in [7, 11) is 0. The molecule has 0 aliphatic heterocycles. The smallest absolute Gasteiger partial charge is 0.234 e. The molecule has 0 atom stereocenters. The number of rotatable bonds is 6. The minimum absolute atomic E-state index is 0.0782. The number of nitrogens with one attached hydrogen (secondary N) is 1. The number of carbonyl (C=O) groups excluding carboxylic acids is 1. The van der Waals surface area contributed by atoms with E-state index in [1.807, 2.05) is 60.9 Å². The Morgan fingerprint density at radius 3 is 2.42 bits per heavy atom. The Morgan fingerprint density at radius 2 is 1.74 bits per heavy atom. The first-order chi connectivity index (χ1) is 15.0. The van der Waals surface area contributed by atoms with Gasteiger partial charge >= 0.3 is 0 Å². The number of hydrogen-bond donors (Lipinski definition) is 1. The Morgan fingerprint density at radius 1 is 1.00 bits per heavy atom. The van der Waals surface area contributed by atoms with Crippen LogP contribution in [-0.2, 0) is 4.79 Å². The summed E-state index contributed by atoms with van der Waals surface area (Å²) in [5.74, 6) is 0.836. The Balaban J connectivity index is 1.58. The lowest BCUT2D eigenvalue weighted by atomic mass is 10.1. The highest BCUT2D eigenvalue weighted by Crippen LogP contribution is 2.28. The highest BCUT2D eigenvalue weighted by atomic mass is 32.2. The van der Waals surface area contributed by atoms with Crippen molar-refractivity contribution in [2.75, 3.05) is 11.1 Å². The van der Waals surface area contributed by atoms with Gasteiger partial charge in [0, 0.05) is 29.3 Å². The number of nitrogens with zero attached hydrogens (tertiary/aromatic N) is 4. The van der Waals surface area contributed by atoms with Gasteiger partial charge in [0.15, 0.2) is 11.0 Å². The second-order valence-electron chi connectivity index (χ2n) is 7.33. The van der Waals surface area contributed by atoms with Crippen LogP contribution < -0.4 is 5.32 Å². The summed E-state index contributed by atoms with van der Waals surface area (Å²) < 4.78 is 1.96. The monoisotopic (exact) mass is 429 g/mol. The van der Waals surface area contributed by atoms with Crippen LogP contribution in [0, 0.1) is 20.8 Å². The van der Waals surface area contributed by atoms with E-state index in [-0.39, 0.29) is 11.7 Å². The topological polar surface area (TPSA) is 72.7 Å². The maximum Gasteiger partial charge on any atom is 0.234 e. The zero-order chi connectivity index (χ0) is 21.8. The molecule has 0 bridgehead atoms. The number of benzene rings is 2. The highest BCUT2D eigenvalue weighted by molar-refractivity contribution is 7.99. The van der Waals surface area contributed by atoms with E-state index in [1.165, 1.54) is 17.3 Å². The summed E-state index contributed by atoms with van der Waals surface area (Å²) in [5, 5.41) is 12.4. The van der Waals surface area contributed by atoms with Crippen molar-refractivity contribution in [3.63, 3.8) is 0 Å². The SMILES string of the molecule is Cc1cc(C)c(NC(=O)CSc2nnc(-c3cccnc3)n2-c2ccccc2)c(C)c1. The maximum absolute atomic E-state index is 12.7. The highest BCUT2D eigenvalue weighted by Gasteiger charge is 2.18.